The molecule has 0 heterocycles. The second-order valence-corrected chi connectivity index (χ2v) is 8.03. The SMILES string of the molecule is Cc1cccc(NC(=O)CN(c2ccc(Cl)cc2Cl)S(C)(=O)=O)c1. The summed E-state index contributed by atoms with van der Waals surface area (Å²) in [5.41, 5.74) is 1.77. The van der Waals surface area contributed by atoms with Crippen molar-refractivity contribution in [2.75, 3.05) is 22.4 Å². The summed E-state index contributed by atoms with van der Waals surface area (Å²) in [6.07, 6.45) is 1.01. The van der Waals surface area contributed by atoms with Gasteiger partial charge in [-0.3, -0.25) is 9.10 Å². The average molecular weight is 387 g/mol. The highest BCUT2D eigenvalue weighted by Gasteiger charge is 2.23. The maximum Gasteiger partial charge on any atom is 0.245 e. The second kappa shape index (κ2) is 7.42. The van der Waals surface area contributed by atoms with E-state index in [1.807, 2.05) is 13.0 Å². The molecule has 2 aromatic rings. The van der Waals surface area contributed by atoms with Crippen molar-refractivity contribution in [3.05, 3.63) is 58.1 Å². The molecule has 2 aromatic carbocycles. The summed E-state index contributed by atoms with van der Waals surface area (Å²) in [6.45, 7) is 1.50. The van der Waals surface area contributed by atoms with Gasteiger partial charge in [0.1, 0.15) is 6.54 Å². The van der Waals surface area contributed by atoms with Gasteiger partial charge in [-0.25, -0.2) is 8.42 Å². The fourth-order valence-electron chi connectivity index (χ4n) is 2.12. The molecule has 0 spiro atoms. The number of nitrogens with zero attached hydrogens (tertiary/aromatic N) is 1. The first-order chi connectivity index (χ1) is 11.2. The highest BCUT2D eigenvalue weighted by atomic mass is 35.5. The van der Waals surface area contributed by atoms with Gasteiger partial charge in [0.2, 0.25) is 15.9 Å². The molecule has 8 heteroatoms. The summed E-state index contributed by atoms with van der Waals surface area (Å²) >= 11 is 11.9. The van der Waals surface area contributed by atoms with Crippen LogP contribution in [-0.4, -0.2) is 27.1 Å². The Morgan fingerprint density at radius 3 is 2.46 bits per heavy atom. The highest BCUT2D eigenvalue weighted by Crippen LogP contribution is 2.30. The molecule has 1 N–H and O–H groups in total. The normalized spacial score (nSPS) is 11.2. The minimum Gasteiger partial charge on any atom is -0.325 e. The van der Waals surface area contributed by atoms with Crippen molar-refractivity contribution >= 4 is 50.5 Å². The summed E-state index contributed by atoms with van der Waals surface area (Å²) in [6, 6.07) is 11.6. The van der Waals surface area contributed by atoms with Crippen LogP contribution in [0.25, 0.3) is 0 Å². The fraction of sp³-hybridized carbons (Fsp3) is 0.188. The van der Waals surface area contributed by atoms with Crippen LogP contribution in [0.15, 0.2) is 42.5 Å². The number of benzene rings is 2. The molecular formula is C16H16Cl2N2O3S. The monoisotopic (exact) mass is 386 g/mol. The Bertz CT molecular complexity index is 869. The van der Waals surface area contributed by atoms with Crippen molar-refractivity contribution < 1.29 is 13.2 Å². The summed E-state index contributed by atoms with van der Waals surface area (Å²) in [5.74, 6) is -0.475. The first-order valence-electron chi connectivity index (χ1n) is 6.96. The van der Waals surface area contributed by atoms with E-state index in [1.54, 1.807) is 18.2 Å². The zero-order valence-electron chi connectivity index (χ0n) is 13.1. The van der Waals surface area contributed by atoms with E-state index in [1.165, 1.54) is 18.2 Å². The number of carbonyl (C=O) groups excluding carboxylic acids is 1. The van der Waals surface area contributed by atoms with Crippen LogP contribution < -0.4 is 9.62 Å². The van der Waals surface area contributed by atoms with E-state index in [9.17, 15) is 13.2 Å². The smallest absolute Gasteiger partial charge is 0.245 e. The van der Waals surface area contributed by atoms with Gasteiger partial charge in [-0.15, -0.1) is 0 Å². The quantitative estimate of drug-likeness (QED) is 0.851. The molecule has 0 aromatic heterocycles. The van der Waals surface area contributed by atoms with Gasteiger partial charge in [-0.1, -0.05) is 35.3 Å². The number of anilines is 2. The number of rotatable bonds is 5. The minimum absolute atomic E-state index is 0.149. The van der Waals surface area contributed by atoms with Gasteiger partial charge in [-0.05, 0) is 42.8 Å². The minimum atomic E-state index is -3.70. The van der Waals surface area contributed by atoms with Gasteiger partial charge in [0.05, 0.1) is 17.0 Å². The van der Waals surface area contributed by atoms with Gasteiger partial charge in [0, 0.05) is 10.7 Å². The molecule has 0 aliphatic heterocycles. The lowest BCUT2D eigenvalue weighted by Crippen LogP contribution is -2.37. The van der Waals surface area contributed by atoms with Crippen LogP contribution in [0, 0.1) is 6.92 Å². The van der Waals surface area contributed by atoms with Crippen molar-refractivity contribution in [3.8, 4) is 0 Å². The molecule has 1 amide bonds. The third kappa shape index (κ3) is 4.87. The third-order valence-electron chi connectivity index (χ3n) is 3.17. The summed E-state index contributed by atoms with van der Waals surface area (Å²) in [5, 5.41) is 3.20. The molecule has 0 atom stereocenters. The number of aryl methyl sites for hydroxylation is 1. The van der Waals surface area contributed by atoms with E-state index >= 15 is 0 Å². The van der Waals surface area contributed by atoms with Crippen molar-refractivity contribution in [1.29, 1.82) is 0 Å². The molecular weight excluding hydrogens is 371 g/mol. The topological polar surface area (TPSA) is 66.5 Å². The lowest BCUT2D eigenvalue weighted by molar-refractivity contribution is -0.114. The van der Waals surface area contributed by atoms with Crippen molar-refractivity contribution in [1.82, 2.24) is 0 Å². The predicted molar refractivity (Wildman–Crippen MR) is 98.5 cm³/mol. The van der Waals surface area contributed by atoms with E-state index in [0.717, 1.165) is 16.1 Å². The van der Waals surface area contributed by atoms with Gasteiger partial charge in [-0.2, -0.15) is 0 Å². The predicted octanol–water partition coefficient (Wildman–Crippen LogP) is 3.71. The lowest BCUT2D eigenvalue weighted by atomic mass is 10.2. The molecule has 0 saturated carbocycles. The molecule has 0 aliphatic rings. The standard InChI is InChI=1S/C16H16Cl2N2O3S/c1-11-4-3-5-13(8-11)19-16(21)10-20(24(2,22)23)15-7-6-12(17)9-14(15)18/h3-9H,10H2,1-2H3,(H,19,21). The molecule has 0 unspecified atom stereocenters. The Kier molecular flexibility index (Phi) is 5.74. The number of hydrogen-bond acceptors (Lipinski definition) is 3. The third-order valence-corrected chi connectivity index (χ3v) is 4.83. The number of carbonyl (C=O) groups is 1. The van der Waals surface area contributed by atoms with Crippen molar-refractivity contribution in [2.45, 2.75) is 6.92 Å². The maximum atomic E-state index is 12.2. The molecule has 0 bridgehead atoms. The Hall–Kier alpha value is -1.76. The molecule has 24 heavy (non-hydrogen) atoms. The molecule has 0 fully saturated rings. The van der Waals surface area contributed by atoms with E-state index in [2.05, 4.69) is 5.32 Å². The highest BCUT2D eigenvalue weighted by molar-refractivity contribution is 7.92. The van der Waals surface area contributed by atoms with Gasteiger partial charge in [0.25, 0.3) is 0 Å². The maximum absolute atomic E-state index is 12.2. The van der Waals surface area contributed by atoms with Crippen molar-refractivity contribution in [3.63, 3.8) is 0 Å². The van der Waals surface area contributed by atoms with Crippen LogP contribution in [-0.2, 0) is 14.8 Å². The van der Waals surface area contributed by atoms with Crippen LogP contribution in [0.5, 0.6) is 0 Å². The largest absolute Gasteiger partial charge is 0.325 e. The number of hydrogen-bond donors (Lipinski definition) is 1. The van der Waals surface area contributed by atoms with Crippen LogP contribution >= 0.6 is 23.2 Å². The number of sulfonamides is 1. The van der Waals surface area contributed by atoms with Gasteiger partial charge in [0.15, 0.2) is 0 Å². The molecule has 5 nitrogen and oxygen atoms in total. The summed E-state index contributed by atoms with van der Waals surface area (Å²) in [4.78, 5) is 12.2. The molecule has 0 saturated heterocycles. The number of halogens is 2. The first kappa shape index (κ1) is 18.6. The van der Waals surface area contributed by atoms with Crippen molar-refractivity contribution in [2.24, 2.45) is 0 Å². The second-order valence-electron chi connectivity index (χ2n) is 5.28. The average Bonchev–Trinajstić information content (AvgIpc) is 2.44. The van der Waals surface area contributed by atoms with Crippen LogP contribution in [0.3, 0.4) is 0 Å². The zero-order valence-corrected chi connectivity index (χ0v) is 15.4. The molecule has 0 aliphatic carbocycles. The van der Waals surface area contributed by atoms with E-state index < -0.39 is 22.5 Å². The number of nitrogens with one attached hydrogen (secondary N) is 1. The number of amides is 1. The van der Waals surface area contributed by atoms with Gasteiger partial charge < -0.3 is 5.32 Å². The molecule has 2 rings (SSSR count). The van der Waals surface area contributed by atoms with Crippen LogP contribution in [0.2, 0.25) is 10.0 Å². The van der Waals surface area contributed by atoms with E-state index in [4.69, 9.17) is 23.2 Å². The Labute approximate surface area is 151 Å². The van der Waals surface area contributed by atoms with E-state index in [0.29, 0.717) is 10.7 Å². The Balaban J connectivity index is 2.25. The molecule has 128 valence electrons. The van der Waals surface area contributed by atoms with Crippen LogP contribution in [0.1, 0.15) is 5.56 Å². The summed E-state index contributed by atoms with van der Waals surface area (Å²) in [7, 11) is -3.70. The Morgan fingerprint density at radius 2 is 1.88 bits per heavy atom. The molecule has 0 radical (unpaired) electrons. The first-order valence-corrected chi connectivity index (χ1v) is 9.56. The zero-order chi connectivity index (χ0) is 17.9. The Morgan fingerprint density at radius 1 is 1.17 bits per heavy atom. The fourth-order valence-corrected chi connectivity index (χ4v) is 3.55. The lowest BCUT2D eigenvalue weighted by Gasteiger charge is -2.23. The summed E-state index contributed by atoms with van der Waals surface area (Å²) < 4.78 is 25.1. The van der Waals surface area contributed by atoms with E-state index in [-0.39, 0.29) is 10.7 Å². The van der Waals surface area contributed by atoms with Gasteiger partial charge >= 0.3 is 0 Å². The van der Waals surface area contributed by atoms with Crippen LogP contribution in [0.4, 0.5) is 11.4 Å².